The van der Waals surface area contributed by atoms with Crippen LogP contribution in [-0.4, -0.2) is 15.9 Å². The lowest BCUT2D eigenvalue weighted by atomic mass is 10.2. The van der Waals surface area contributed by atoms with E-state index in [4.69, 9.17) is 45.3 Å². The van der Waals surface area contributed by atoms with Crippen LogP contribution in [0.3, 0.4) is 0 Å². The summed E-state index contributed by atoms with van der Waals surface area (Å²) in [5.74, 6) is -0.850. The number of amides is 1. The number of ether oxygens (including phenoxy) is 1. The van der Waals surface area contributed by atoms with E-state index < -0.39 is 11.7 Å². The minimum absolute atomic E-state index is 0.0158. The number of halogens is 5. The number of carbonyl (C=O) groups is 1. The predicted molar refractivity (Wildman–Crippen MR) is 115 cm³/mol. The maximum Gasteiger partial charge on any atom is 0.273 e. The van der Waals surface area contributed by atoms with Crippen LogP contribution in [0.4, 0.5) is 10.1 Å². The zero-order chi connectivity index (χ0) is 21.3. The quantitative estimate of drug-likeness (QED) is 0.288. The Morgan fingerprint density at radius 2 is 2.03 bits per heavy atom. The van der Waals surface area contributed by atoms with Crippen LogP contribution in [0.25, 0.3) is 0 Å². The molecular weight excluding hydrogens is 509 g/mol. The second-order valence-corrected chi connectivity index (χ2v) is 8.01. The number of aryl methyl sites for hydroxylation is 1. The van der Waals surface area contributed by atoms with Crippen molar-refractivity contribution in [1.82, 2.24) is 15.3 Å². The molecule has 1 aromatic heterocycles. The normalized spacial score (nSPS) is 10.8. The summed E-state index contributed by atoms with van der Waals surface area (Å²) in [7, 11) is 0. The molecule has 0 radical (unpaired) electrons. The Morgan fingerprint density at radius 3 is 2.66 bits per heavy atom. The number of imidazole rings is 1. The van der Waals surface area contributed by atoms with E-state index in [1.807, 2.05) is 0 Å². The molecule has 29 heavy (non-hydrogen) atoms. The molecule has 0 bridgehead atoms. The van der Waals surface area contributed by atoms with Crippen LogP contribution in [0, 0.1) is 12.7 Å². The minimum Gasteiger partial charge on any atom is -0.453 e. The Bertz CT molecular complexity index is 1090. The highest BCUT2D eigenvalue weighted by atomic mass is 79.9. The van der Waals surface area contributed by atoms with Gasteiger partial charge in [-0.2, -0.15) is 0 Å². The van der Waals surface area contributed by atoms with Gasteiger partial charge in [-0.15, -0.1) is 0 Å². The topological polar surface area (TPSA) is 93.0 Å². The molecule has 3 aromatic rings. The second kappa shape index (κ2) is 8.79. The molecule has 0 aliphatic carbocycles. The predicted octanol–water partition coefficient (Wildman–Crippen LogP) is 5.88. The molecule has 152 valence electrons. The second-order valence-electron chi connectivity index (χ2n) is 5.96. The first kappa shape index (κ1) is 21.7. The van der Waals surface area contributed by atoms with Crippen LogP contribution in [0.5, 0.6) is 11.5 Å². The van der Waals surface area contributed by atoms with Crippen LogP contribution in [-0.2, 0) is 6.54 Å². The molecule has 0 spiro atoms. The van der Waals surface area contributed by atoms with Crippen molar-refractivity contribution in [3.8, 4) is 11.5 Å². The van der Waals surface area contributed by atoms with Gasteiger partial charge in [0.05, 0.1) is 0 Å². The van der Waals surface area contributed by atoms with Gasteiger partial charge in [-0.25, -0.2) is 9.37 Å². The monoisotopic (exact) mass is 520 g/mol. The number of hydrogen-bond donors (Lipinski definition) is 3. The number of H-pyrrole nitrogens is 1. The highest BCUT2D eigenvalue weighted by molar-refractivity contribution is 9.10. The van der Waals surface area contributed by atoms with Gasteiger partial charge in [0.15, 0.2) is 17.3 Å². The van der Waals surface area contributed by atoms with Gasteiger partial charge in [-0.05, 0) is 41.1 Å². The van der Waals surface area contributed by atoms with Crippen molar-refractivity contribution in [1.29, 1.82) is 0 Å². The number of benzene rings is 2. The number of aromatic nitrogens is 2. The summed E-state index contributed by atoms with van der Waals surface area (Å²) < 4.78 is 21.0. The summed E-state index contributed by atoms with van der Waals surface area (Å²) in [6.45, 7) is 1.50. The fraction of sp³-hybridized carbons (Fsp3) is 0.111. The zero-order valence-electron chi connectivity index (χ0n) is 14.7. The van der Waals surface area contributed by atoms with E-state index in [1.165, 1.54) is 24.3 Å². The first-order chi connectivity index (χ1) is 13.7. The standard InChI is InChI=1S/C18H13BrCl3FN4O2/c1-7-26-15(17(22)27-7)18(28)25-6-8-2-12(19)13(21)16(14(8)23)29-11-4-9(20)3-10(24)5-11/h2-5H,6,24H2,1H3,(H,25,28)(H,26,27). The molecule has 0 saturated heterocycles. The third-order valence-corrected chi connectivity index (χ3v) is 5.46. The highest BCUT2D eigenvalue weighted by Crippen LogP contribution is 2.40. The lowest BCUT2D eigenvalue weighted by Gasteiger charge is -2.14. The van der Waals surface area contributed by atoms with Crippen LogP contribution in [0.15, 0.2) is 28.7 Å². The van der Waals surface area contributed by atoms with Gasteiger partial charge in [0.25, 0.3) is 5.91 Å². The summed E-state index contributed by atoms with van der Waals surface area (Å²) >= 11 is 21.3. The number of nitrogen functional groups attached to an aromatic ring is 1. The maximum atomic E-state index is 15.0. The smallest absolute Gasteiger partial charge is 0.273 e. The lowest BCUT2D eigenvalue weighted by molar-refractivity contribution is 0.0946. The van der Waals surface area contributed by atoms with E-state index in [0.29, 0.717) is 21.0 Å². The molecule has 0 atom stereocenters. The molecule has 3 rings (SSSR count). The molecule has 0 saturated carbocycles. The Labute approximate surface area is 188 Å². The van der Waals surface area contributed by atoms with E-state index in [-0.39, 0.29) is 39.5 Å². The van der Waals surface area contributed by atoms with Crippen molar-refractivity contribution in [2.45, 2.75) is 13.5 Å². The average molecular weight is 523 g/mol. The minimum atomic E-state index is -0.749. The van der Waals surface area contributed by atoms with Crippen molar-refractivity contribution in [2.24, 2.45) is 0 Å². The van der Waals surface area contributed by atoms with Crippen LogP contribution in [0.1, 0.15) is 21.9 Å². The maximum absolute atomic E-state index is 15.0. The Hall–Kier alpha value is -2.00. The van der Waals surface area contributed by atoms with E-state index in [2.05, 4.69) is 31.2 Å². The van der Waals surface area contributed by atoms with Gasteiger partial charge in [-0.1, -0.05) is 34.8 Å². The number of carbonyl (C=O) groups excluding carboxylic acids is 1. The zero-order valence-corrected chi connectivity index (χ0v) is 18.6. The number of rotatable bonds is 5. The van der Waals surface area contributed by atoms with E-state index >= 15 is 4.39 Å². The van der Waals surface area contributed by atoms with Crippen LogP contribution in [0.2, 0.25) is 15.2 Å². The van der Waals surface area contributed by atoms with Gasteiger partial charge in [-0.3, -0.25) is 4.79 Å². The number of nitrogens with two attached hydrogens (primary N) is 1. The molecule has 1 amide bonds. The highest BCUT2D eigenvalue weighted by Gasteiger charge is 2.21. The van der Waals surface area contributed by atoms with Gasteiger partial charge in [0, 0.05) is 33.4 Å². The molecule has 1 heterocycles. The van der Waals surface area contributed by atoms with Crippen LogP contribution >= 0.6 is 50.7 Å². The number of aromatic amines is 1. The molecule has 0 unspecified atom stereocenters. The summed E-state index contributed by atoms with van der Waals surface area (Å²) in [5.41, 5.74) is 6.22. The summed E-state index contributed by atoms with van der Waals surface area (Å²) in [5, 5.41) is 3.00. The van der Waals surface area contributed by atoms with Gasteiger partial charge in [0.1, 0.15) is 21.7 Å². The first-order valence-corrected chi connectivity index (χ1v) is 9.99. The van der Waals surface area contributed by atoms with Gasteiger partial charge >= 0.3 is 0 Å². The van der Waals surface area contributed by atoms with Crippen molar-refractivity contribution >= 4 is 62.3 Å². The van der Waals surface area contributed by atoms with Crippen molar-refractivity contribution < 1.29 is 13.9 Å². The fourth-order valence-corrected chi connectivity index (χ4v) is 3.61. The van der Waals surface area contributed by atoms with E-state index in [9.17, 15) is 4.79 Å². The SMILES string of the molecule is Cc1nc(C(=O)NCc2cc(Br)c(Cl)c(Oc3cc(N)cc(Cl)c3)c2F)c(Cl)[nH]1. The molecule has 0 aliphatic rings. The number of nitrogens with one attached hydrogen (secondary N) is 2. The van der Waals surface area contributed by atoms with Crippen molar-refractivity contribution in [3.63, 3.8) is 0 Å². The number of anilines is 1. The molecule has 0 fully saturated rings. The lowest BCUT2D eigenvalue weighted by Crippen LogP contribution is -2.24. The largest absolute Gasteiger partial charge is 0.453 e. The summed E-state index contributed by atoms with van der Waals surface area (Å²) in [6, 6.07) is 5.91. The van der Waals surface area contributed by atoms with Gasteiger partial charge in [0.2, 0.25) is 0 Å². The van der Waals surface area contributed by atoms with Crippen molar-refractivity contribution in [2.75, 3.05) is 5.73 Å². The molecule has 4 N–H and O–H groups in total. The first-order valence-electron chi connectivity index (χ1n) is 8.06. The number of hydrogen-bond acceptors (Lipinski definition) is 4. The fourth-order valence-electron chi connectivity index (χ4n) is 2.48. The van der Waals surface area contributed by atoms with Gasteiger partial charge < -0.3 is 20.8 Å². The number of nitrogens with zero attached hydrogens (tertiary/aromatic N) is 1. The summed E-state index contributed by atoms with van der Waals surface area (Å²) in [6.07, 6.45) is 0. The Morgan fingerprint density at radius 1 is 1.31 bits per heavy atom. The summed E-state index contributed by atoms with van der Waals surface area (Å²) in [4.78, 5) is 19.0. The van der Waals surface area contributed by atoms with Crippen LogP contribution < -0.4 is 15.8 Å². The molecule has 2 aromatic carbocycles. The molecule has 0 aliphatic heterocycles. The van der Waals surface area contributed by atoms with E-state index in [0.717, 1.165) is 0 Å². The molecule has 6 nitrogen and oxygen atoms in total. The average Bonchev–Trinajstić information content (AvgIpc) is 2.98. The van der Waals surface area contributed by atoms with Crippen molar-refractivity contribution in [3.05, 3.63) is 66.8 Å². The molecular formula is C18H13BrCl3FN4O2. The Kier molecular flexibility index (Phi) is 6.58. The third-order valence-electron chi connectivity index (χ3n) is 3.74. The van der Waals surface area contributed by atoms with E-state index in [1.54, 1.807) is 6.92 Å². The molecule has 11 heteroatoms. The third kappa shape index (κ3) is 4.95. The Balaban J connectivity index is 1.86.